The van der Waals surface area contributed by atoms with Crippen LogP contribution in [0.15, 0.2) is 37.9 Å². The molecule has 0 saturated heterocycles. The van der Waals surface area contributed by atoms with E-state index < -0.39 is 0 Å². The fourth-order valence-corrected chi connectivity index (χ4v) is 3.55. The van der Waals surface area contributed by atoms with Crippen molar-refractivity contribution in [2.75, 3.05) is 7.11 Å². The predicted molar refractivity (Wildman–Crippen MR) is 83.3 cm³/mol. The molecule has 0 aliphatic rings. The quantitative estimate of drug-likeness (QED) is 0.832. The fraction of sp³-hybridized carbons (Fsp3) is 0.231. The van der Waals surface area contributed by atoms with Crippen LogP contribution in [0.5, 0.6) is 5.75 Å². The largest absolute Gasteiger partial charge is 0.496 e. The van der Waals surface area contributed by atoms with Crippen LogP contribution < -0.4 is 10.5 Å². The summed E-state index contributed by atoms with van der Waals surface area (Å²) in [5, 5.41) is 2.09. The van der Waals surface area contributed by atoms with E-state index in [2.05, 4.69) is 49.4 Å². The van der Waals surface area contributed by atoms with Crippen molar-refractivity contribution in [1.82, 2.24) is 0 Å². The molecule has 18 heavy (non-hydrogen) atoms. The molecule has 1 unspecified atom stereocenters. The van der Waals surface area contributed by atoms with Gasteiger partial charge >= 0.3 is 0 Å². The summed E-state index contributed by atoms with van der Waals surface area (Å²) in [6.45, 7) is 0. The zero-order valence-corrected chi connectivity index (χ0v) is 13.8. The molecular formula is C13H13Br2NOS. The van der Waals surface area contributed by atoms with Gasteiger partial charge in [0.25, 0.3) is 0 Å². The molecule has 0 aliphatic carbocycles. The van der Waals surface area contributed by atoms with Gasteiger partial charge in [0.05, 0.1) is 15.4 Å². The lowest BCUT2D eigenvalue weighted by Crippen LogP contribution is -2.12. The van der Waals surface area contributed by atoms with Gasteiger partial charge in [-0.05, 0) is 73.0 Å². The van der Waals surface area contributed by atoms with E-state index in [1.54, 1.807) is 18.4 Å². The first kappa shape index (κ1) is 14.1. The maximum Gasteiger partial charge on any atom is 0.133 e. The Hall–Kier alpha value is -0.360. The average Bonchev–Trinajstić information content (AvgIpc) is 2.76. The molecule has 0 aliphatic heterocycles. The molecule has 5 heteroatoms. The lowest BCUT2D eigenvalue weighted by Gasteiger charge is -2.11. The van der Waals surface area contributed by atoms with Crippen LogP contribution in [0.25, 0.3) is 0 Å². The summed E-state index contributed by atoms with van der Waals surface area (Å²) in [4.78, 5) is 0. The Kier molecular flexibility index (Phi) is 4.84. The Balaban J connectivity index is 2.12. The Labute approximate surface area is 127 Å². The van der Waals surface area contributed by atoms with Crippen molar-refractivity contribution in [2.45, 2.75) is 12.5 Å². The van der Waals surface area contributed by atoms with Crippen molar-refractivity contribution in [3.05, 3.63) is 49.0 Å². The lowest BCUT2D eigenvalue weighted by atomic mass is 10.0. The SMILES string of the molecule is COc1ccc(CC(N)c2csc(Br)c2)cc1Br. The summed E-state index contributed by atoms with van der Waals surface area (Å²) in [5.41, 5.74) is 8.56. The van der Waals surface area contributed by atoms with E-state index >= 15 is 0 Å². The summed E-state index contributed by atoms with van der Waals surface area (Å²) >= 11 is 8.60. The highest BCUT2D eigenvalue weighted by Crippen LogP contribution is 2.29. The predicted octanol–water partition coefficient (Wildman–Crippen LogP) is 4.52. The molecule has 0 bridgehead atoms. The van der Waals surface area contributed by atoms with Crippen LogP contribution in [0.3, 0.4) is 0 Å². The number of nitrogens with two attached hydrogens (primary N) is 1. The standard InChI is InChI=1S/C13H13Br2NOS/c1-17-12-3-2-8(4-10(12)14)5-11(16)9-6-13(15)18-7-9/h2-4,6-7,11H,5,16H2,1H3. The Morgan fingerprint density at radius 2 is 2.11 bits per heavy atom. The van der Waals surface area contributed by atoms with Crippen molar-refractivity contribution in [3.8, 4) is 5.75 Å². The van der Waals surface area contributed by atoms with Crippen molar-refractivity contribution in [2.24, 2.45) is 5.73 Å². The molecule has 2 aromatic rings. The molecule has 0 radical (unpaired) electrons. The van der Waals surface area contributed by atoms with Gasteiger partial charge in [-0.3, -0.25) is 0 Å². The van der Waals surface area contributed by atoms with E-state index in [0.717, 1.165) is 20.4 Å². The Bertz CT molecular complexity index is 542. The van der Waals surface area contributed by atoms with E-state index in [9.17, 15) is 0 Å². The van der Waals surface area contributed by atoms with Crippen LogP contribution in [0.2, 0.25) is 0 Å². The van der Waals surface area contributed by atoms with Gasteiger partial charge in [-0.15, -0.1) is 11.3 Å². The third-order valence-electron chi connectivity index (χ3n) is 2.69. The lowest BCUT2D eigenvalue weighted by molar-refractivity contribution is 0.412. The molecule has 2 rings (SSSR count). The van der Waals surface area contributed by atoms with E-state index in [1.807, 2.05) is 12.1 Å². The van der Waals surface area contributed by atoms with Crippen LogP contribution in [-0.2, 0) is 6.42 Å². The summed E-state index contributed by atoms with van der Waals surface area (Å²) < 4.78 is 7.28. The average molecular weight is 391 g/mol. The van der Waals surface area contributed by atoms with Crippen LogP contribution in [-0.4, -0.2) is 7.11 Å². The van der Waals surface area contributed by atoms with Gasteiger partial charge in [0.15, 0.2) is 0 Å². The van der Waals surface area contributed by atoms with Crippen molar-refractivity contribution < 1.29 is 4.74 Å². The van der Waals surface area contributed by atoms with Gasteiger partial charge in [0, 0.05) is 6.04 Å². The van der Waals surface area contributed by atoms with Gasteiger partial charge in [0.2, 0.25) is 0 Å². The fourth-order valence-electron chi connectivity index (χ4n) is 1.73. The highest BCUT2D eigenvalue weighted by molar-refractivity contribution is 9.11. The first-order valence-corrected chi connectivity index (χ1v) is 7.88. The summed E-state index contributed by atoms with van der Waals surface area (Å²) in [6, 6.07) is 8.15. The molecule has 1 aromatic carbocycles. The molecule has 0 spiro atoms. The van der Waals surface area contributed by atoms with Crippen LogP contribution >= 0.6 is 43.2 Å². The maximum atomic E-state index is 6.20. The number of hydrogen-bond acceptors (Lipinski definition) is 3. The highest BCUT2D eigenvalue weighted by atomic mass is 79.9. The second kappa shape index (κ2) is 6.19. The third-order valence-corrected chi connectivity index (χ3v) is 4.83. The highest BCUT2D eigenvalue weighted by Gasteiger charge is 2.10. The molecule has 2 N–H and O–H groups in total. The number of ether oxygens (including phenoxy) is 1. The second-order valence-corrected chi connectivity index (χ2v) is 7.11. The minimum atomic E-state index is 0.0212. The number of halogens is 2. The van der Waals surface area contributed by atoms with E-state index in [0.29, 0.717) is 0 Å². The molecule has 96 valence electrons. The summed E-state index contributed by atoms with van der Waals surface area (Å²) in [5.74, 6) is 0.839. The zero-order chi connectivity index (χ0) is 13.1. The molecular weight excluding hydrogens is 378 g/mol. The van der Waals surface area contributed by atoms with Crippen molar-refractivity contribution >= 4 is 43.2 Å². The summed E-state index contributed by atoms with van der Waals surface area (Å²) in [6.07, 6.45) is 0.811. The molecule has 0 amide bonds. The van der Waals surface area contributed by atoms with E-state index in [4.69, 9.17) is 10.5 Å². The number of benzene rings is 1. The number of thiophene rings is 1. The topological polar surface area (TPSA) is 35.2 Å². The number of hydrogen-bond donors (Lipinski definition) is 1. The van der Waals surface area contributed by atoms with Gasteiger partial charge in [-0.1, -0.05) is 6.07 Å². The normalized spacial score (nSPS) is 12.4. The Morgan fingerprint density at radius 3 is 2.67 bits per heavy atom. The molecule has 2 nitrogen and oxygen atoms in total. The molecule has 1 atom stereocenters. The monoisotopic (exact) mass is 389 g/mol. The van der Waals surface area contributed by atoms with Crippen molar-refractivity contribution in [3.63, 3.8) is 0 Å². The van der Waals surface area contributed by atoms with Gasteiger partial charge in [-0.2, -0.15) is 0 Å². The summed E-state index contributed by atoms with van der Waals surface area (Å²) in [7, 11) is 1.66. The first-order valence-electron chi connectivity index (χ1n) is 5.42. The minimum absolute atomic E-state index is 0.0212. The van der Waals surface area contributed by atoms with Crippen LogP contribution in [0.4, 0.5) is 0 Å². The number of rotatable bonds is 4. The third kappa shape index (κ3) is 3.35. The molecule has 1 aromatic heterocycles. The van der Waals surface area contributed by atoms with Gasteiger partial charge < -0.3 is 10.5 Å². The van der Waals surface area contributed by atoms with Gasteiger partial charge in [0.1, 0.15) is 5.75 Å². The number of methoxy groups -OCH3 is 1. The zero-order valence-electron chi connectivity index (χ0n) is 9.82. The van der Waals surface area contributed by atoms with Gasteiger partial charge in [-0.25, -0.2) is 0 Å². The Morgan fingerprint density at radius 1 is 1.33 bits per heavy atom. The van der Waals surface area contributed by atoms with Crippen molar-refractivity contribution in [1.29, 1.82) is 0 Å². The maximum absolute atomic E-state index is 6.20. The van der Waals surface area contributed by atoms with E-state index in [-0.39, 0.29) is 6.04 Å². The minimum Gasteiger partial charge on any atom is -0.496 e. The molecule has 0 saturated carbocycles. The smallest absolute Gasteiger partial charge is 0.133 e. The molecule has 0 fully saturated rings. The van der Waals surface area contributed by atoms with Crippen LogP contribution in [0, 0.1) is 0 Å². The first-order chi connectivity index (χ1) is 8.60. The van der Waals surface area contributed by atoms with E-state index in [1.165, 1.54) is 11.1 Å². The van der Waals surface area contributed by atoms with Crippen LogP contribution in [0.1, 0.15) is 17.2 Å². The molecule has 1 heterocycles. The second-order valence-electron chi connectivity index (χ2n) is 3.96.